The number of carbonyl (C=O) groups is 1. The molecule has 0 aliphatic heterocycles. The molecule has 2 bridgehead atoms. The van der Waals surface area contributed by atoms with Gasteiger partial charge in [0.15, 0.2) is 0 Å². The predicted octanol–water partition coefficient (Wildman–Crippen LogP) is 5.09. The Morgan fingerprint density at radius 1 is 1.35 bits per heavy atom. The van der Waals surface area contributed by atoms with Gasteiger partial charge in [0.25, 0.3) is 0 Å². The van der Waals surface area contributed by atoms with E-state index in [4.69, 9.17) is 4.74 Å². The van der Waals surface area contributed by atoms with E-state index in [1.165, 1.54) is 32.1 Å². The molecule has 0 N–H and O–H groups in total. The van der Waals surface area contributed by atoms with E-state index >= 15 is 0 Å². The molecule has 0 aromatic carbocycles. The highest BCUT2D eigenvalue weighted by molar-refractivity contribution is 5.80. The average Bonchev–Trinajstić information content (AvgIpc) is 3.26. The molecule has 0 saturated heterocycles. The maximum atomic E-state index is 13.2. The van der Waals surface area contributed by atoms with Gasteiger partial charge in [-0.15, -0.1) is 0 Å². The van der Waals surface area contributed by atoms with Crippen LogP contribution in [0.1, 0.15) is 51.9 Å². The SMILES string of the molecule is C/C=C\C=C1/CC=CC=C1OC(=O)C12CCCC1C1CCC2C1. The van der Waals surface area contributed by atoms with Crippen molar-refractivity contribution in [2.45, 2.75) is 51.9 Å². The summed E-state index contributed by atoms with van der Waals surface area (Å²) in [5.74, 6) is 2.79. The number of esters is 1. The molecular formula is C21H26O2. The Morgan fingerprint density at radius 2 is 2.26 bits per heavy atom. The minimum absolute atomic E-state index is 0.0696. The van der Waals surface area contributed by atoms with E-state index in [9.17, 15) is 4.79 Å². The van der Waals surface area contributed by atoms with E-state index in [0.29, 0.717) is 11.8 Å². The molecule has 0 radical (unpaired) electrons. The second kappa shape index (κ2) is 5.81. The fraction of sp³-hybridized carbons (Fsp3) is 0.571. The van der Waals surface area contributed by atoms with Crippen molar-refractivity contribution in [2.24, 2.45) is 23.2 Å². The molecule has 4 unspecified atom stereocenters. The van der Waals surface area contributed by atoms with Crippen molar-refractivity contribution in [2.75, 3.05) is 0 Å². The van der Waals surface area contributed by atoms with Crippen molar-refractivity contribution < 1.29 is 9.53 Å². The van der Waals surface area contributed by atoms with Gasteiger partial charge >= 0.3 is 5.97 Å². The van der Waals surface area contributed by atoms with Crippen LogP contribution in [0, 0.1) is 23.2 Å². The third-order valence-electron chi connectivity index (χ3n) is 6.65. The molecule has 4 atom stereocenters. The van der Waals surface area contributed by atoms with Crippen LogP contribution in [0.5, 0.6) is 0 Å². The van der Waals surface area contributed by atoms with E-state index in [1.54, 1.807) is 0 Å². The summed E-state index contributed by atoms with van der Waals surface area (Å²) in [6.07, 6.45) is 20.3. The van der Waals surface area contributed by atoms with Crippen LogP contribution in [-0.2, 0) is 9.53 Å². The number of hydrogen-bond acceptors (Lipinski definition) is 2. The monoisotopic (exact) mass is 310 g/mol. The lowest BCUT2D eigenvalue weighted by atomic mass is 9.68. The fourth-order valence-corrected chi connectivity index (χ4v) is 5.71. The van der Waals surface area contributed by atoms with E-state index in [-0.39, 0.29) is 11.4 Å². The molecule has 0 heterocycles. The summed E-state index contributed by atoms with van der Waals surface area (Å²) < 4.78 is 6.01. The molecule has 2 heteroatoms. The van der Waals surface area contributed by atoms with E-state index in [0.717, 1.165) is 30.1 Å². The number of fused-ring (bicyclic) bond motifs is 5. The molecule has 23 heavy (non-hydrogen) atoms. The van der Waals surface area contributed by atoms with Crippen molar-refractivity contribution in [1.82, 2.24) is 0 Å². The van der Waals surface area contributed by atoms with Crippen molar-refractivity contribution in [3.63, 3.8) is 0 Å². The topological polar surface area (TPSA) is 26.3 Å². The maximum Gasteiger partial charge on any atom is 0.318 e. The van der Waals surface area contributed by atoms with Gasteiger partial charge < -0.3 is 4.74 Å². The van der Waals surface area contributed by atoms with E-state index in [2.05, 4.69) is 12.2 Å². The first-order valence-electron chi connectivity index (χ1n) is 9.17. The van der Waals surface area contributed by atoms with E-state index < -0.39 is 0 Å². The Hall–Kier alpha value is -1.57. The molecule has 2 nitrogen and oxygen atoms in total. The second-order valence-electron chi connectivity index (χ2n) is 7.58. The zero-order valence-electron chi connectivity index (χ0n) is 14.0. The summed E-state index contributed by atoms with van der Waals surface area (Å²) in [5, 5.41) is 0. The zero-order chi connectivity index (χ0) is 15.9. The molecule has 0 amide bonds. The van der Waals surface area contributed by atoms with Gasteiger partial charge in [0, 0.05) is 0 Å². The van der Waals surface area contributed by atoms with Gasteiger partial charge in [-0.25, -0.2) is 0 Å². The summed E-state index contributed by atoms with van der Waals surface area (Å²) in [5.41, 5.74) is 0.949. The highest BCUT2D eigenvalue weighted by Crippen LogP contribution is 2.66. The van der Waals surface area contributed by atoms with Crippen LogP contribution in [0.3, 0.4) is 0 Å². The Balaban J connectivity index is 1.58. The van der Waals surface area contributed by atoms with Crippen molar-refractivity contribution >= 4 is 5.97 Å². The van der Waals surface area contributed by atoms with Gasteiger partial charge in [-0.1, -0.05) is 36.8 Å². The number of ether oxygens (including phenoxy) is 1. The Morgan fingerprint density at radius 3 is 3.13 bits per heavy atom. The van der Waals surface area contributed by atoms with Gasteiger partial charge in [-0.2, -0.15) is 0 Å². The molecule has 3 saturated carbocycles. The number of allylic oxidation sites excluding steroid dienone is 7. The van der Waals surface area contributed by atoms with Gasteiger partial charge in [0.2, 0.25) is 0 Å². The van der Waals surface area contributed by atoms with Crippen molar-refractivity contribution in [3.8, 4) is 0 Å². The summed E-state index contributed by atoms with van der Waals surface area (Å²) in [6.45, 7) is 2.00. The average molecular weight is 310 g/mol. The normalized spacial score (nSPS) is 40.0. The third kappa shape index (κ3) is 2.26. The maximum absolute atomic E-state index is 13.2. The number of carbonyl (C=O) groups excluding carboxylic acids is 1. The lowest BCUT2D eigenvalue weighted by Gasteiger charge is -2.37. The smallest absolute Gasteiger partial charge is 0.318 e. The quantitative estimate of drug-likeness (QED) is 0.678. The first-order valence-corrected chi connectivity index (χ1v) is 9.17. The molecule has 0 aromatic heterocycles. The minimum atomic E-state index is -0.156. The molecule has 4 aliphatic carbocycles. The first-order chi connectivity index (χ1) is 11.3. The van der Waals surface area contributed by atoms with Crippen LogP contribution >= 0.6 is 0 Å². The van der Waals surface area contributed by atoms with Crippen molar-refractivity contribution in [1.29, 1.82) is 0 Å². The second-order valence-corrected chi connectivity index (χ2v) is 7.58. The summed E-state index contributed by atoms with van der Waals surface area (Å²) in [4.78, 5) is 13.2. The number of hydrogen-bond donors (Lipinski definition) is 0. The zero-order valence-corrected chi connectivity index (χ0v) is 14.0. The highest BCUT2D eigenvalue weighted by atomic mass is 16.5. The van der Waals surface area contributed by atoms with Crippen LogP contribution in [0.4, 0.5) is 0 Å². The molecule has 3 fully saturated rings. The van der Waals surface area contributed by atoms with Gasteiger partial charge in [0.05, 0.1) is 5.41 Å². The van der Waals surface area contributed by atoms with Crippen LogP contribution in [0.2, 0.25) is 0 Å². The van der Waals surface area contributed by atoms with Crippen LogP contribution in [-0.4, -0.2) is 5.97 Å². The fourth-order valence-electron chi connectivity index (χ4n) is 5.71. The van der Waals surface area contributed by atoms with Crippen LogP contribution in [0.25, 0.3) is 0 Å². The Kier molecular flexibility index (Phi) is 3.79. The predicted molar refractivity (Wildman–Crippen MR) is 91.4 cm³/mol. The van der Waals surface area contributed by atoms with Crippen LogP contribution in [0.15, 0.2) is 47.8 Å². The molecule has 0 aromatic rings. The summed E-state index contributed by atoms with van der Waals surface area (Å²) in [7, 11) is 0. The van der Waals surface area contributed by atoms with Gasteiger partial charge in [-0.3, -0.25) is 4.79 Å². The lowest BCUT2D eigenvalue weighted by Crippen LogP contribution is -2.41. The van der Waals surface area contributed by atoms with Gasteiger partial charge in [-0.05, 0) is 74.9 Å². The molecule has 122 valence electrons. The standard InChI is InChI=1S/C21H26O2/c1-2-3-7-15-8-4-5-10-19(15)23-20(22)21-13-6-9-18(21)16-11-12-17(21)14-16/h2-5,7,10,16-18H,6,8-9,11-14H2,1H3/b3-2-,15-7+. The van der Waals surface area contributed by atoms with Crippen LogP contribution < -0.4 is 0 Å². The highest BCUT2D eigenvalue weighted by Gasteiger charge is 2.64. The summed E-state index contributed by atoms with van der Waals surface area (Å²) in [6, 6.07) is 0. The number of rotatable bonds is 3. The first kappa shape index (κ1) is 15.0. The third-order valence-corrected chi connectivity index (χ3v) is 6.65. The Bertz CT molecular complexity index is 622. The van der Waals surface area contributed by atoms with Crippen molar-refractivity contribution in [3.05, 3.63) is 47.8 Å². The largest absolute Gasteiger partial charge is 0.426 e. The molecule has 4 aliphatic rings. The lowest BCUT2D eigenvalue weighted by molar-refractivity contribution is -0.157. The molecule has 0 spiro atoms. The summed E-state index contributed by atoms with van der Waals surface area (Å²) >= 11 is 0. The van der Waals surface area contributed by atoms with Gasteiger partial charge in [0.1, 0.15) is 5.76 Å². The minimum Gasteiger partial charge on any atom is -0.426 e. The Labute approximate surface area is 139 Å². The molecule has 4 rings (SSSR count). The molecular weight excluding hydrogens is 284 g/mol. The van der Waals surface area contributed by atoms with E-state index in [1.807, 2.05) is 31.2 Å².